The van der Waals surface area contributed by atoms with E-state index in [1.807, 2.05) is 6.07 Å². The summed E-state index contributed by atoms with van der Waals surface area (Å²) in [6.07, 6.45) is 2.08. The van der Waals surface area contributed by atoms with E-state index in [9.17, 15) is 0 Å². The summed E-state index contributed by atoms with van der Waals surface area (Å²) < 4.78 is 4.25. The van der Waals surface area contributed by atoms with Gasteiger partial charge in [-0.05, 0) is 41.6 Å². The van der Waals surface area contributed by atoms with Gasteiger partial charge in [-0.2, -0.15) is 5.26 Å². The fraction of sp³-hybridized carbons (Fsp3) is 0.182. The van der Waals surface area contributed by atoms with Gasteiger partial charge < -0.3 is 4.57 Å². The molecule has 0 bridgehead atoms. The minimum absolute atomic E-state index is 0.726. The minimum atomic E-state index is 0.726. The molecule has 0 radical (unpaired) electrons. The second-order valence-electron chi connectivity index (χ2n) is 3.22. The number of benzene rings is 1. The molecule has 76 valence electrons. The molecule has 0 aliphatic carbocycles. The van der Waals surface area contributed by atoms with Crippen molar-refractivity contribution < 1.29 is 0 Å². The Morgan fingerprint density at radius 1 is 1.53 bits per heavy atom. The van der Waals surface area contributed by atoms with E-state index in [-0.39, 0.29) is 0 Å². The normalized spacial score (nSPS) is 10.5. The van der Waals surface area contributed by atoms with Crippen LogP contribution in [0.5, 0.6) is 0 Å². The summed E-state index contributed by atoms with van der Waals surface area (Å²) >= 11 is 5.73. The first-order chi connectivity index (χ1) is 7.17. The number of rotatable bonds is 1. The molecule has 0 N–H and O–H groups in total. The van der Waals surface area contributed by atoms with E-state index < -0.39 is 0 Å². The molecule has 0 fully saturated rings. The van der Waals surface area contributed by atoms with E-state index in [2.05, 4.69) is 68.3 Å². The van der Waals surface area contributed by atoms with E-state index >= 15 is 0 Å². The molecule has 1 aromatic heterocycles. The van der Waals surface area contributed by atoms with Crippen LogP contribution in [0.2, 0.25) is 0 Å². The van der Waals surface area contributed by atoms with E-state index in [4.69, 9.17) is 5.26 Å². The minimum Gasteiger partial charge on any atom is -0.346 e. The molecule has 0 aliphatic rings. The van der Waals surface area contributed by atoms with Gasteiger partial charge in [0.25, 0.3) is 0 Å². The van der Waals surface area contributed by atoms with Gasteiger partial charge >= 0.3 is 0 Å². The first-order valence-corrected chi connectivity index (χ1v) is 6.42. The number of nitrogens with zero attached hydrogens (tertiary/aromatic N) is 2. The highest BCUT2D eigenvalue weighted by Crippen LogP contribution is 2.29. The Labute approximate surface area is 110 Å². The largest absolute Gasteiger partial charge is 0.346 e. The monoisotopic (exact) mass is 374 g/mol. The summed E-state index contributed by atoms with van der Waals surface area (Å²) in [6, 6.07) is 6.17. The summed E-state index contributed by atoms with van der Waals surface area (Å²) in [5, 5.41) is 10.2. The number of aromatic nitrogens is 1. The summed E-state index contributed by atoms with van der Waals surface area (Å²) in [6.45, 7) is 2.97. The molecule has 4 heteroatoms. The Hall–Kier alpha value is -0.540. The molecule has 0 aliphatic heterocycles. The smallest absolute Gasteiger partial charge is 0.101 e. The zero-order valence-electron chi connectivity index (χ0n) is 8.09. The third kappa shape index (κ3) is 1.79. The van der Waals surface area contributed by atoms with Crippen LogP contribution in [-0.4, -0.2) is 4.57 Å². The molecule has 2 aromatic rings. The van der Waals surface area contributed by atoms with Crippen molar-refractivity contribution in [2.45, 2.75) is 13.5 Å². The SMILES string of the molecule is CCn1cc(I)c2cc(Br)cc(C#N)c21. The van der Waals surface area contributed by atoms with Gasteiger partial charge in [-0.25, -0.2) is 0 Å². The average Bonchev–Trinajstić information content (AvgIpc) is 2.55. The van der Waals surface area contributed by atoms with Crippen LogP contribution in [0.4, 0.5) is 0 Å². The van der Waals surface area contributed by atoms with Gasteiger partial charge in [0, 0.05) is 26.2 Å². The molecular formula is C11H8BrIN2. The van der Waals surface area contributed by atoms with Crippen LogP contribution in [-0.2, 0) is 6.54 Å². The highest BCUT2D eigenvalue weighted by Gasteiger charge is 2.10. The number of halogens is 2. The summed E-state index contributed by atoms with van der Waals surface area (Å²) in [5.74, 6) is 0. The molecule has 0 spiro atoms. The number of fused-ring (bicyclic) bond motifs is 1. The standard InChI is InChI=1S/C11H8BrIN2/c1-2-15-6-10(13)9-4-8(12)3-7(5-14)11(9)15/h3-4,6H,2H2,1H3. The van der Waals surface area contributed by atoms with Crippen molar-refractivity contribution in [3.05, 3.63) is 31.9 Å². The lowest BCUT2D eigenvalue weighted by Crippen LogP contribution is -1.93. The maximum Gasteiger partial charge on any atom is 0.101 e. The van der Waals surface area contributed by atoms with Crippen LogP contribution in [0.1, 0.15) is 12.5 Å². The Morgan fingerprint density at radius 3 is 2.87 bits per heavy atom. The van der Waals surface area contributed by atoms with E-state index in [1.165, 1.54) is 3.57 Å². The van der Waals surface area contributed by atoms with Crippen molar-refractivity contribution in [1.82, 2.24) is 4.57 Å². The first kappa shape index (κ1) is 11.0. The highest BCUT2D eigenvalue weighted by atomic mass is 127. The van der Waals surface area contributed by atoms with Crippen LogP contribution in [0, 0.1) is 14.9 Å². The average molecular weight is 375 g/mol. The fourth-order valence-electron chi connectivity index (χ4n) is 1.70. The van der Waals surface area contributed by atoms with Crippen molar-refractivity contribution >= 4 is 49.4 Å². The lowest BCUT2D eigenvalue weighted by molar-refractivity contribution is 0.795. The molecule has 0 unspecified atom stereocenters. The summed E-state index contributed by atoms with van der Waals surface area (Å²) in [4.78, 5) is 0. The summed E-state index contributed by atoms with van der Waals surface area (Å²) in [7, 11) is 0. The van der Waals surface area contributed by atoms with Crippen molar-refractivity contribution in [2.75, 3.05) is 0 Å². The van der Waals surface area contributed by atoms with Gasteiger partial charge in [-0.15, -0.1) is 0 Å². The van der Waals surface area contributed by atoms with Gasteiger partial charge in [-0.3, -0.25) is 0 Å². The topological polar surface area (TPSA) is 28.7 Å². The Balaban J connectivity index is 2.94. The molecule has 0 amide bonds. The molecule has 15 heavy (non-hydrogen) atoms. The Morgan fingerprint density at radius 2 is 2.27 bits per heavy atom. The molecule has 0 saturated carbocycles. The van der Waals surface area contributed by atoms with Crippen molar-refractivity contribution in [1.29, 1.82) is 5.26 Å². The fourth-order valence-corrected chi connectivity index (χ4v) is 2.90. The molecule has 0 saturated heterocycles. The quantitative estimate of drug-likeness (QED) is 0.696. The molecule has 1 aromatic carbocycles. The third-order valence-electron chi connectivity index (χ3n) is 2.35. The number of nitriles is 1. The lowest BCUT2D eigenvalue weighted by atomic mass is 10.1. The number of aryl methyl sites for hydroxylation is 1. The van der Waals surface area contributed by atoms with E-state index in [0.717, 1.165) is 27.5 Å². The predicted molar refractivity (Wildman–Crippen MR) is 72.7 cm³/mol. The molecule has 2 nitrogen and oxygen atoms in total. The Bertz CT molecular complexity index is 566. The zero-order chi connectivity index (χ0) is 11.0. The lowest BCUT2D eigenvalue weighted by Gasteiger charge is -2.02. The van der Waals surface area contributed by atoms with Gasteiger partial charge in [0.2, 0.25) is 0 Å². The third-order valence-corrected chi connectivity index (χ3v) is 3.67. The van der Waals surface area contributed by atoms with Crippen molar-refractivity contribution in [3.8, 4) is 6.07 Å². The van der Waals surface area contributed by atoms with E-state index in [1.54, 1.807) is 0 Å². The molecule has 1 heterocycles. The van der Waals surface area contributed by atoms with Gasteiger partial charge in [0.05, 0.1) is 11.1 Å². The number of hydrogen-bond donors (Lipinski definition) is 0. The summed E-state index contributed by atoms with van der Waals surface area (Å²) in [5.41, 5.74) is 1.76. The van der Waals surface area contributed by atoms with Crippen LogP contribution in [0.25, 0.3) is 10.9 Å². The van der Waals surface area contributed by atoms with Gasteiger partial charge in [-0.1, -0.05) is 15.9 Å². The highest BCUT2D eigenvalue weighted by molar-refractivity contribution is 14.1. The molecule has 0 atom stereocenters. The van der Waals surface area contributed by atoms with Crippen LogP contribution >= 0.6 is 38.5 Å². The predicted octanol–water partition coefficient (Wildman–Crippen LogP) is 3.90. The Kier molecular flexibility index (Phi) is 3.03. The number of hydrogen-bond acceptors (Lipinski definition) is 1. The van der Waals surface area contributed by atoms with Gasteiger partial charge in [0.15, 0.2) is 0 Å². The van der Waals surface area contributed by atoms with Gasteiger partial charge in [0.1, 0.15) is 6.07 Å². The maximum atomic E-state index is 9.10. The second-order valence-corrected chi connectivity index (χ2v) is 5.30. The maximum absolute atomic E-state index is 9.10. The van der Waals surface area contributed by atoms with Crippen LogP contribution < -0.4 is 0 Å². The molecule has 2 rings (SSSR count). The van der Waals surface area contributed by atoms with Crippen LogP contribution in [0.3, 0.4) is 0 Å². The van der Waals surface area contributed by atoms with E-state index in [0.29, 0.717) is 0 Å². The first-order valence-electron chi connectivity index (χ1n) is 4.55. The second kappa shape index (κ2) is 4.14. The van der Waals surface area contributed by atoms with Crippen molar-refractivity contribution in [2.24, 2.45) is 0 Å². The van der Waals surface area contributed by atoms with Crippen LogP contribution in [0.15, 0.2) is 22.8 Å². The van der Waals surface area contributed by atoms with Crippen molar-refractivity contribution in [3.63, 3.8) is 0 Å². The molecular weight excluding hydrogens is 367 g/mol. The zero-order valence-corrected chi connectivity index (χ0v) is 11.8.